The van der Waals surface area contributed by atoms with Crippen molar-refractivity contribution in [1.29, 1.82) is 0 Å². The Kier molecular flexibility index (Phi) is 6.59. The molecule has 1 fully saturated rings. The Hall–Kier alpha value is -2.37. The van der Waals surface area contributed by atoms with E-state index in [9.17, 15) is 4.79 Å². The molecule has 170 valence electrons. The Balaban J connectivity index is 0.00000245. The number of likely N-dealkylation sites (tertiary alicyclic amines) is 1. The van der Waals surface area contributed by atoms with Crippen molar-refractivity contribution in [1.82, 2.24) is 19.8 Å². The second kappa shape index (κ2) is 9.24. The van der Waals surface area contributed by atoms with Gasteiger partial charge in [0.05, 0.1) is 5.92 Å². The van der Waals surface area contributed by atoms with E-state index in [2.05, 4.69) is 65.1 Å². The zero-order valence-corrected chi connectivity index (χ0v) is 19.9. The van der Waals surface area contributed by atoms with E-state index in [-0.39, 0.29) is 24.2 Å². The van der Waals surface area contributed by atoms with Crippen LogP contribution in [0.1, 0.15) is 49.0 Å². The second-order valence-corrected chi connectivity index (χ2v) is 9.51. The number of piperidine rings is 1. The SMILES string of the molecule is CC(C)n1cc2c3c(cccc31)[C@H]1CC(C(=O)NCCc3ccccn3)CN(C)[C@@H]1C2.Cl. The largest absolute Gasteiger partial charge is 0.355 e. The fraction of sp³-hybridized carbons (Fsp3) is 0.462. The average Bonchev–Trinajstić information content (AvgIpc) is 3.15. The van der Waals surface area contributed by atoms with E-state index in [4.69, 9.17) is 0 Å². The summed E-state index contributed by atoms with van der Waals surface area (Å²) in [6, 6.07) is 13.6. The molecule has 2 aromatic heterocycles. The van der Waals surface area contributed by atoms with Crippen molar-refractivity contribution >= 4 is 29.2 Å². The maximum Gasteiger partial charge on any atom is 0.224 e. The fourth-order valence-electron chi connectivity index (χ4n) is 5.70. The smallest absolute Gasteiger partial charge is 0.224 e. The van der Waals surface area contributed by atoms with E-state index >= 15 is 0 Å². The number of carbonyl (C=O) groups excluding carboxylic acids is 1. The molecule has 3 atom stereocenters. The number of amides is 1. The molecular weight excluding hydrogens is 420 g/mol. The summed E-state index contributed by atoms with van der Waals surface area (Å²) in [5.41, 5.74) is 5.25. The van der Waals surface area contributed by atoms with Crippen molar-refractivity contribution < 1.29 is 4.79 Å². The van der Waals surface area contributed by atoms with Gasteiger partial charge in [-0.25, -0.2) is 0 Å². The third-order valence-electron chi connectivity index (χ3n) is 7.21. The first-order valence-electron chi connectivity index (χ1n) is 11.5. The summed E-state index contributed by atoms with van der Waals surface area (Å²) in [7, 11) is 2.19. The summed E-state index contributed by atoms with van der Waals surface area (Å²) in [6.45, 7) is 5.96. The highest BCUT2D eigenvalue weighted by Crippen LogP contribution is 2.45. The topological polar surface area (TPSA) is 50.2 Å². The van der Waals surface area contributed by atoms with Crippen LogP contribution in [0.4, 0.5) is 0 Å². The minimum atomic E-state index is 0. The standard InChI is InChI=1S/C26H32N4O.ClH/c1-17(2)30-16-18-14-24-22(21-8-6-9-23(30)25(18)21)13-19(15-29(24)3)26(31)28-12-10-20-7-4-5-11-27-20;/h4-9,11,16-17,19,22,24H,10,12-15H2,1-3H3,(H,28,31);1H/t19?,22-,24-;/m1./s1. The third kappa shape index (κ3) is 4.04. The van der Waals surface area contributed by atoms with Crippen molar-refractivity contribution in [2.75, 3.05) is 20.1 Å². The van der Waals surface area contributed by atoms with Crippen LogP contribution in [0.5, 0.6) is 0 Å². The molecule has 1 unspecified atom stereocenters. The molecule has 6 heteroatoms. The summed E-state index contributed by atoms with van der Waals surface area (Å²) in [4.78, 5) is 19.8. The molecule has 0 bridgehead atoms. The molecular formula is C26H33ClN4O. The van der Waals surface area contributed by atoms with Gasteiger partial charge in [0.1, 0.15) is 0 Å². The Morgan fingerprint density at radius 1 is 1.22 bits per heavy atom. The number of fused-ring (bicyclic) bond motifs is 2. The van der Waals surface area contributed by atoms with Crippen LogP contribution in [-0.4, -0.2) is 46.5 Å². The van der Waals surface area contributed by atoms with E-state index in [0.29, 0.717) is 24.5 Å². The molecule has 1 aromatic carbocycles. The Morgan fingerprint density at radius 2 is 2.06 bits per heavy atom. The van der Waals surface area contributed by atoms with E-state index in [1.165, 1.54) is 22.0 Å². The molecule has 0 saturated carbocycles. The highest BCUT2D eigenvalue weighted by Gasteiger charge is 2.41. The number of hydrogen-bond donors (Lipinski definition) is 1. The van der Waals surface area contributed by atoms with Gasteiger partial charge in [0, 0.05) is 66.5 Å². The maximum absolute atomic E-state index is 13.0. The molecule has 32 heavy (non-hydrogen) atoms. The van der Waals surface area contributed by atoms with Gasteiger partial charge in [0.2, 0.25) is 5.91 Å². The molecule has 1 saturated heterocycles. The molecule has 3 aromatic rings. The van der Waals surface area contributed by atoms with Gasteiger partial charge in [-0.05, 0) is 63.1 Å². The third-order valence-corrected chi connectivity index (χ3v) is 7.21. The predicted molar refractivity (Wildman–Crippen MR) is 131 cm³/mol. The normalized spacial score (nSPS) is 22.4. The highest BCUT2D eigenvalue weighted by molar-refractivity contribution is 5.89. The van der Waals surface area contributed by atoms with Gasteiger partial charge in [0.25, 0.3) is 0 Å². The van der Waals surface area contributed by atoms with Gasteiger partial charge >= 0.3 is 0 Å². The van der Waals surface area contributed by atoms with Gasteiger partial charge in [-0.3, -0.25) is 9.78 Å². The number of hydrogen-bond acceptors (Lipinski definition) is 3. The number of benzene rings is 1. The summed E-state index contributed by atoms with van der Waals surface area (Å²) < 4.78 is 2.41. The van der Waals surface area contributed by atoms with Crippen molar-refractivity contribution in [3.63, 3.8) is 0 Å². The van der Waals surface area contributed by atoms with E-state index < -0.39 is 0 Å². The Morgan fingerprint density at radius 3 is 2.81 bits per heavy atom. The van der Waals surface area contributed by atoms with Crippen LogP contribution in [0.2, 0.25) is 0 Å². The number of rotatable bonds is 5. The van der Waals surface area contributed by atoms with Gasteiger partial charge in [-0.2, -0.15) is 0 Å². The lowest BCUT2D eigenvalue weighted by atomic mass is 9.72. The van der Waals surface area contributed by atoms with Gasteiger partial charge < -0.3 is 14.8 Å². The van der Waals surface area contributed by atoms with Crippen LogP contribution in [0.15, 0.2) is 48.8 Å². The van der Waals surface area contributed by atoms with Crippen LogP contribution < -0.4 is 5.32 Å². The molecule has 1 amide bonds. The number of aromatic nitrogens is 2. The number of carbonyl (C=O) groups is 1. The molecule has 1 aliphatic heterocycles. The zero-order chi connectivity index (χ0) is 21.5. The second-order valence-electron chi connectivity index (χ2n) is 9.51. The average molecular weight is 453 g/mol. The Bertz CT molecular complexity index is 1090. The first kappa shape index (κ1) is 22.8. The number of pyridine rings is 1. The summed E-state index contributed by atoms with van der Waals surface area (Å²) in [5, 5.41) is 4.60. The van der Waals surface area contributed by atoms with Crippen LogP contribution in [0, 0.1) is 5.92 Å². The molecule has 5 rings (SSSR count). The quantitative estimate of drug-likeness (QED) is 0.625. The van der Waals surface area contributed by atoms with Crippen LogP contribution >= 0.6 is 12.4 Å². The van der Waals surface area contributed by atoms with E-state index in [1.54, 1.807) is 6.20 Å². The molecule has 0 radical (unpaired) electrons. The van der Waals surface area contributed by atoms with Crippen molar-refractivity contribution in [3.05, 3.63) is 65.6 Å². The minimum absolute atomic E-state index is 0. The van der Waals surface area contributed by atoms with E-state index in [1.807, 2.05) is 18.2 Å². The lowest BCUT2D eigenvalue weighted by Crippen LogP contribution is -2.51. The van der Waals surface area contributed by atoms with Crippen molar-refractivity contribution in [2.45, 2.75) is 51.1 Å². The lowest BCUT2D eigenvalue weighted by Gasteiger charge is -2.45. The maximum atomic E-state index is 13.0. The van der Waals surface area contributed by atoms with Gasteiger partial charge in [-0.1, -0.05) is 18.2 Å². The van der Waals surface area contributed by atoms with Crippen molar-refractivity contribution in [3.8, 4) is 0 Å². The number of nitrogens with one attached hydrogen (secondary N) is 1. The van der Waals surface area contributed by atoms with Crippen LogP contribution in [0.25, 0.3) is 10.9 Å². The zero-order valence-electron chi connectivity index (χ0n) is 19.1. The monoisotopic (exact) mass is 452 g/mol. The summed E-state index contributed by atoms with van der Waals surface area (Å²) in [5.74, 6) is 0.613. The summed E-state index contributed by atoms with van der Waals surface area (Å²) in [6.07, 6.45) is 6.93. The molecule has 1 aliphatic carbocycles. The van der Waals surface area contributed by atoms with Crippen LogP contribution in [0.3, 0.4) is 0 Å². The fourth-order valence-corrected chi connectivity index (χ4v) is 5.70. The lowest BCUT2D eigenvalue weighted by molar-refractivity contribution is -0.127. The molecule has 1 N–H and O–H groups in total. The summed E-state index contributed by atoms with van der Waals surface area (Å²) >= 11 is 0. The van der Waals surface area contributed by atoms with Crippen LogP contribution in [-0.2, 0) is 17.6 Å². The number of likely N-dealkylation sites (N-methyl/N-ethyl adjacent to an activating group) is 1. The van der Waals surface area contributed by atoms with Crippen molar-refractivity contribution in [2.24, 2.45) is 5.92 Å². The highest BCUT2D eigenvalue weighted by atomic mass is 35.5. The molecule has 3 heterocycles. The van der Waals surface area contributed by atoms with Gasteiger partial charge in [0.15, 0.2) is 0 Å². The number of nitrogens with zero attached hydrogens (tertiary/aromatic N) is 3. The van der Waals surface area contributed by atoms with E-state index in [0.717, 1.165) is 31.5 Å². The Labute approximate surface area is 196 Å². The molecule has 5 nitrogen and oxygen atoms in total. The molecule has 2 aliphatic rings. The molecule has 0 spiro atoms. The minimum Gasteiger partial charge on any atom is -0.355 e. The number of halogens is 1. The first-order valence-corrected chi connectivity index (χ1v) is 11.5. The van der Waals surface area contributed by atoms with Gasteiger partial charge in [-0.15, -0.1) is 12.4 Å². The predicted octanol–water partition coefficient (Wildman–Crippen LogP) is 4.36. The first-order chi connectivity index (χ1) is 15.0.